The summed E-state index contributed by atoms with van der Waals surface area (Å²) in [7, 11) is 0. The molecule has 148 valence electrons. The molecule has 0 atom stereocenters. The molecule has 0 unspecified atom stereocenters. The first-order valence-corrected chi connectivity index (χ1v) is 9.23. The highest BCUT2D eigenvalue weighted by Gasteiger charge is 2.15. The fourth-order valence-corrected chi connectivity index (χ4v) is 2.96. The monoisotopic (exact) mass is 405 g/mol. The number of nitriles is 4. The summed E-state index contributed by atoms with van der Waals surface area (Å²) in [4.78, 5) is 0. The topological polar surface area (TPSA) is 126 Å². The predicted molar refractivity (Wildman–Crippen MR) is 113 cm³/mol. The summed E-state index contributed by atoms with van der Waals surface area (Å²) in [5.74, 6) is 2.26. The fraction of sp³-hybridized carbons (Fsp3) is 0.0833. The van der Waals surface area contributed by atoms with Crippen LogP contribution in [-0.2, 0) is 6.54 Å². The maximum absolute atomic E-state index is 8.90. The van der Waals surface area contributed by atoms with Crippen LogP contribution in [0.2, 0.25) is 0 Å². The molecule has 3 aromatic rings. The largest absolute Gasteiger partial charge is 0.455 e. The Morgan fingerprint density at radius 1 is 0.806 bits per heavy atom. The van der Waals surface area contributed by atoms with Gasteiger partial charge < -0.3 is 13.4 Å². The molecule has 0 aliphatic rings. The Labute approximate surface area is 178 Å². The van der Waals surface area contributed by atoms with Crippen molar-refractivity contribution in [3.8, 4) is 47.2 Å². The van der Waals surface area contributed by atoms with Gasteiger partial charge in [0.05, 0.1) is 11.4 Å². The van der Waals surface area contributed by atoms with Crippen LogP contribution in [0.3, 0.4) is 0 Å². The van der Waals surface area contributed by atoms with Crippen LogP contribution in [0, 0.1) is 45.3 Å². The molecule has 3 rings (SSSR count). The molecule has 0 spiro atoms. The molecule has 0 amide bonds. The molecular weight excluding hydrogens is 390 g/mol. The molecule has 0 bridgehead atoms. The van der Waals surface area contributed by atoms with Gasteiger partial charge in [-0.2, -0.15) is 21.0 Å². The van der Waals surface area contributed by atoms with Crippen LogP contribution in [0.4, 0.5) is 0 Å². The third-order valence-corrected chi connectivity index (χ3v) is 4.35. The first kappa shape index (κ1) is 20.7. The van der Waals surface area contributed by atoms with E-state index in [0.717, 1.165) is 11.4 Å². The molecule has 7 heteroatoms. The molecule has 3 heterocycles. The molecule has 0 aliphatic heterocycles. The number of hydrogen-bond donors (Lipinski definition) is 0. The Bertz CT molecular complexity index is 1330. The molecule has 0 saturated heterocycles. The van der Waals surface area contributed by atoms with Gasteiger partial charge in [-0.1, -0.05) is 6.08 Å². The van der Waals surface area contributed by atoms with Crippen molar-refractivity contribution in [2.45, 2.75) is 13.5 Å². The zero-order valence-electron chi connectivity index (χ0n) is 16.5. The van der Waals surface area contributed by atoms with Crippen LogP contribution in [0.1, 0.15) is 18.4 Å². The first-order chi connectivity index (χ1) is 15.1. The smallest absolute Gasteiger partial charge is 0.151 e. The van der Waals surface area contributed by atoms with Crippen molar-refractivity contribution in [2.24, 2.45) is 0 Å². The Kier molecular flexibility index (Phi) is 6.35. The van der Waals surface area contributed by atoms with Crippen LogP contribution in [-0.4, -0.2) is 4.57 Å². The van der Waals surface area contributed by atoms with Crippen molar-refractivity contribution in [1.29, 1.82) is 21.0 Å². The highest BCUT2D eigenvalue weighted by Crippen LogP contribution is 2.31. The van der Waals surface area contributed by atoms with E-state index in [1.807, 2.05) is 41.8 Å². The standard InChI is InChI=1S/C24H15N5O2/c1-2-29-21(23-10-6-19(30-23)5-3-4-17(13-25)14-26)8-9-22(29)24-11-7-20(31-24)12-18(15-27)16-28/h3-12H,2H2,1H3/b5-3+. The summed E-state index contributed by atoms with van der Waals surface area (Å²) in [6.45, 7) is 2.66. The van der Waals surface area contributed by atoms with Crippen molar-refractivity contribution in [2.75, 3.05) is 0 Å². The van der Waals surface area contributed by atoms with Crippen molar-refractivity contribution in [3.63, 3.8) is 0 Å². The van der Waals surface area contributed by atoms with Gasteiger partial charge >= 0.3 is 0 Å². The maximum atomic E-state index is 8.90. The first-order valence-electron chi connectivity index (χ1n) is 9.23. The van der Waals surface area contributed by atoms with Crippen LogP contribution in [0.25, 0.3) is 35.1 Å². The Morgan fingerprint density at radius 3 is 1.90 bits per heavy atom. The van der Waals surface area contributed by atoms with Crippen LogP contribution in [0.5, 0.6) is 0 Å². The molecule has 7 nitrogen and oxygen atoms in total. The van der Waals surface area contributed by atoms with Gasteiger partial charge in [0.1, 0.15) is 46.9 Å². The van der Waals surface area contributed by atoms with E-state index in [1.54, 1.807) is 42.5 Å². The maximum Gasteiger partial charge on any atom is 0.151 e. The van der Waals surface area contributed by atoms with Crippen molar-refractivity contribution >= 4 is 12.2 Å². The average molecular weight is 405 g/mol. The molecule has 0 N–H and O–H groups in total. The summed E-state index contributed by atoms with van der Waals surface area (Å²) in [5.41, 5.74) is 1.66. The molecule has 31 heavy (non-hydrogen) atoms. The summed E-state index contributed by atoms with van der Waals surface area (Å²) >= 11 is 0. The minimum absolute atomic E-state index is 0.0110. The summed E-state index contributed by atoms with van der Waals surface area (Å²) in [6, 6.07) is 18.2. The molecule has 0 saturated carbocycles. The zero-order chi connectivity index (χ0) is 22.2. The third-order valence-electron chi connectivity index (χ3n) is 4.35. The quantitative estimate of drug-likeness (QED) is 0.396. The minimum Gasteiger partial charge on any atom is -0.455 e. The summed E-state index contributed by atoms with van der Waals surface area (Å²) in [6.07, 6.45) is 6.07. The number of aromatic nitrogens is 1. The Balaban J connectivity index is 1.90. The number of nitrogens with zero attached hydrogens (tertiary/aromatic N) is 5. The lowest BCUT2D eigenvalue weighted by Crippen LogP contribution is -1.98. The third kappa shape index (κ3) is 4.54. The van der Waals surface area contributed by atoms with Crippen LogP contribution >= 0.6 is 0 Å². The summed E-state index contributed by atoms with van der Waals surface area (Å²) < 4.78 is 13.7. The number of allylic oxidation sites excluding steroid dienone is 4. The van der Waals surface area contributed by atoms with Gasteiger partial charge in [-0.15, -0.1) is 0 Å². The number of furan rings is 2. The van der Waals surface area contributed by atoms with Gasteiger partial charge in [0, 0.05) is 12.6 Å². The molecule has 3 aromatic heterocycles. The van der Waals surface area contributed by atoms with Crippen LogP contribution in [0.15, 0.2) is 68.5 Å². The van der Waals surface area contributed by atoms with Crippen molar-refractivity contribution in [1.82, 2.24) is 4.57 Å². The second kappa shape index (κ2) is 9.48. The van der Waals surface area contributed by atoms with Gasteiger partial charge in [0.15, 0.2) is 11.5 Å². The summed E-state index contributed by atoms with van der Waals surface area (Å²) in [5, 5.41) is 35.3. The zero-order valence-corrected chi connectivity index (χ0v) is 16.5. The second-order valence-electron chi connectivity index (χ2n) is 6.20. The lowest BCUT2D eigenvalue weighted by molar-refractivity contribution is 0.556. The SMILES string of the molecule is CCn1c(-c2ccc(C=C(C#N)C#N)o2)ccc1-c1ccc(/C=C/C=C(C#N)C#N)o1. The fourth-order valence-electron chi connectivity index (χ4n) is 2.96. The van der Waals surface area contributed by atoms with E-state index < -0.39 is 0 Å². The van der Waals surface area contributed by atoms with Crippen LogP contribution < -0.4 is 0 Å². The molecule has 0 radical (unpaired) electrons. The predicted octanol–water partition coefficient (Wildman–Crippen LogP) is 5.45. The minimum atomic E-state index is -0.0323. The molecule has 0 aliphatic carbocycles. The lowest BCUT2D eigenvalue weighted by Gasteiger charge is -2.08. The highest BCUT2D eigenvalue weighted by molar-refractivity contribution is 5.67. The van der Waals surface area contributed by atoms with Crippen molar-refractivity contribution in [3.05, 3.63) is 71.2 Å². The van der Waals surface area contributed by atoms with Gasteiger partial charge in [-0.05, 0) is 55.5 Å². The average Bonchev–Trinajstić information content (AvgIpc) is 3.53. The van der Waals surface area contributed by atoms with Gasteiger partial charge in [-0.25, -0.2) is 0 Å². The number of rotatable bonds is 6. The highest BCUT2D eigenvalue weighted by atomic mass is 16.3. The van der Waals surface area contributed by atoms with Gasteiger partial charge in [0.25, 0.3) is 0 Å². The van der Waals surface area contributed by atoms with E-state index in [1.165, 1.54) is 12.2 Å². The van der Waals surface area contributed by atoms with Gasteiger partial charge in [0.2, 0.25) is 0 Å². The normalized spacial score (nSPS) is 9.97. The van der Waals surface area contributed by atoms with E-state index in [-0.39, 0.29) is 11.1 Å². The van der Waals surface area contributed by atoms with E-state index in [4.69, 9.17) is 29.9 Å². The van der Waals surface area contributed by atoms with E-state index in [9.17, 15) is 0 Å². The van der Waals surface area contributed by atoms with Gasteiger partial charge in [-0.3, -0.25) is 0 Å². The molecular formula is C24H15N5O2. The van der Waals surface area contributed by atoms with E-state index in [2.05, 4.69) is 0 Å². The number of hydrogen-bond acceptors (Lipinski definition) is 6. The lowest BCUT2D eigenvalue weighted by atomic mass is 10.2. The molecule has 0 aromatic carbocycles. The second-order valence-corrected chi connectivity index (χ2v) is 6.20. The Hall–Kier alpha value is -4.98. The van der Waals surface area contributed by atoms with Crippen molar-refractivity contribution < 1.29 is 8.83 Å². The van der Waals surface area contributed by atoms with E-state index in [0.29, 0.717) is 29.6 Å². The molecule has 0 fully saturated rings. The van der Waals surface area contributed by atoms with E-state index >= 15 is 0 Å². The Morgan fingerprint density at radius 2 is 1.35 bits per heavy atom.